The van der Waals surface area contributed by atoms with Crippen molar-refractivity contribution in [2.75, 3.05) is 19.6 Å². The Kier molecular flexibility index (Phi) is 2.89. The van der Waals surface area contributed by atoms with Crippen LogP contribution in [0.2, 0.25) is 0 Å². The Morgan fingerprint density at radius 3 is 2.69 bits per heavy atom. The van der Waals surface area contributed by atoms with Crippen molar-refractivity contribution in [2.24, 2.45) is 11.8 Å². The Balaban J connectivity index is 1.78. The molecule has 1 aliphatic carbocycles. The molecule has 0 amide bonds. The fourth-order valence-electron chi connectivity index (χ4n) is 2.33. The summed E-state index contributed by atoms with van der Waals surface area (Å²) in [6, 6.07) is 0. The van der Waals surface area contributed by atoms with Crippen molar-refractivity contribution in [2.45, 2.75) is 38.7 Å². The Morgan fingerprint density at radius 1 is 1.31 bits per heavy atom. The standard InChI is InChI=1S/C11H21NO/c1-2-10-8-12(6-5-11(10)13)7-9-3-4-9/h9-11,13H,2-8H2,1H3. The van der Waals surface area contributed by atoms with Crippen molar-refractivity contribution in [3.05, 3.63) is 0 Å². The second kappa shape index (κ2) is 3.97. The lowest BCUT2D eigenvalue weighted by Crippen LogP contribution is -2.43. The molecule has 2 rings (SSSR count). The topological polar surface area (TPSA) is 23.5 Å². The van der Waals surface area contributed by atoms with E-state index in [0.29, 0.717) is 5.92 Å². The highest BCUT2D eigenvalue weighted by atomic mass is 16.3. The Hall–Kier alpha value is -0.0800. The van der Waals surface area contributed by atoms with Gasteiger partial charge in [0.1, 0.15) is 0 Å². The van der Waals surface area contributed by atoms with E-state index in [-0.39, 0.29) is 6.10 Å². The Morgan fingerprint density at radius 2 is 2.08 bits per heavy atom. The average molecular weight is 183 g/mol. The van der Waals surface area contributed by atoms with Crippen molar-refractivity contribution in [3.8, 4) is 0 Å². The van der Waals surface area contributed by atoms with Gasteiger partial charge in [-0.3, -0.25) is 0 Å². The molecule has 0 aromatic rings. The number of aliphatic hydroxyl groups excluding tert-OH is 1. The normalized spacial score (nSPS) is 36.5. The summed E-state index contributed by atoms with van der Waals surface area (Å²) >= 11 is 0. The Bertz CT molecular complexity index is 167. The van der Waals surface area contributed by atoms with Gasteiger partial charge in [-0.15, -0.1) is 0 Å². The lowest BCUT2D eigenvalue weighted by atomic mass is 9.92. The van der Waals surface area contributed by atoms with Gasteiger partial charge in [-0.2, -0.15) is 0 Å². The molecule has 1 aliphatic heterocycles. The van der Waals surface area contributed by atoms with Crippen molar-refractivity contribution in [3.63, 3.8) is 0 Å². The third kappa shape index (κ3) is 2.44. The first kappa shape index (κ1) is 9.47. The highest BCUT2D eigenvalue weighted by Crippen LogP contribution is 2.31. The zero-order valence-electron chi connectivity index (χ0n) is 8.58. The molecule has 13 heavy (non-hydrogen) atoms. The number of piperidine rings is 1. The van der Waals surface area contributed by atoms with Crippen LogP contribution in [-0.2, 0) is 0 Å². The summed E-state index contributed by atoms with van der Waals surface area (Å²) < 4.78 is 0. The van der Waals surface area contributed by atoms with Crippen LogP contribution in [0, 0.1) is 11.8 Å². The van der Waals surface area contributed by atoms with E-state index in [2.05, 4.69) is 11.8 Å². The van der Waals surface area contributed by atoms with Gasteiger partial charge in [0.15, 0.2) is 0 Å². The minimum Gasteiger partial charge on any atom is -0.393 e. The number of rotatable bonds is 3. The summed E-state index contributed by atoms with van der Waals surface area (Å²) in [5, 5.41) is 9.71. The van der Waals surface area contributed by atoms with E-state index in [0.717, 1.165) is 31.8 Å². The lowest BCUT2D eigenvalue weighted by Gasteiger charge is -2.35. The maximum absolute atomic E-state index is 9.71. The van der Waals surface area contributed by atoms with Crippen LogP contribution in [-0.4, -0.2) is 35.7 Å². The summed E-state index contributed by atoms with van der Waals surface area (Å²) in [6.45, 7) is 5.74. The number of hydrogen-bond acceptors (Lipinski definition) is 2. The molecule has 0 aromatic heterocycles. The zero-order chi connectivity index (χ0) is 9.26. The molecule has 2 heteroatoms. The minimum absolute atomic E-state index is 0.0274. The second-order valence-electron chi connectivity index (χ2n) is 4.73. The first-order valence-electron chi connectivity index (χ1n) is 5.70. The van der Waals surface area contributed by atoms with Gasteiger partial charge in [0.05, 0.1) is 6.10 Å². The van der Waals surface area contributed by atoms with Crippen LogP contribution < -0.4 is 0 Å². The minimum atomic E-state index is -0.0274. The van der Waals surface area contributed by atoms with Crippen LogP contribution in [0.1, 0.15) is 32.6 Å². The summed E-state index contributed by atoms with van der Waals surface area (Å²) in [5.74, 6) is 1.53. The van der Waals surface area contributed by atoms with Crippen molar-refractivity contribution < 1.29 is 5.11 Å². The molecule has 76 valence electrons. The van der Waals surface area contributed by atoms with Crippen LogP contribution in [0.25, 0.3) is 0 Å². The quantitative estimate of drug-likeness (QED) is 0.716. The van der Waals surface area contributed by atoms with Gasteiger partial charge in [0.25, 0.3) is 0 Å². The molecule has 0 aromatic carbocycles. The summed E-state index contributed by atoms with van der Waals surface area (Å²) in [6.07, 6.45) is 4.97. The third-order valence-electron chi connectivity index (χ3n) is 3.52. The molecule has 2 atom stereocenters. The van der Waals surface area contributed by atoms with Crippen LogP contribution in [0.4, 0.5) is 0 Å². The fourth-order valence-corrected chi connectivity index (χ4v) is 2.33. The van der Waals surface area contributed by atoms with Crippen molar-refractivity contribution >= 4 is 0 Å². The predicted octanol–water partition coefficient (Wildman–Crippen LogP) is 1.49. The Labute approximate surface area is 80.9 Å². The van der Waals surface area contributed by atoms with E-state index >= 15 is 0 Å². The van der Waals surface area contributed by atoms with Crippen LogP contribution >= 0.6 is 0 Å². The van der Waals surface area contributed by atoms with Crippen molar-refractivity contribution in [1.82, 2.24) is 4.90 Å². The van der Waals surface area contributed by atoms with Crippen molar-refractivity contribution in [1.29, 1.82) is 0 Å². The monoisotopic (exact) mass is 183 g/mol. The third-order valence-corrected chi connectivity index (χ3v) is 3.52. The smallest absolute Gasteiger partial charge is 0.0592 e. The molecular formula is C11H21NO. The highest BCUT2D eigenvalue weighted by Gasteiger charge is 2.30. The van der Waals surface area contributed by atoms with Gasteiger partial charge in [-0.05, 0) is 37.5 Å². The molecule has 1 saturated heterocycles. The van der Waals surface area contributed by atoms with E-state index in [1.54, 1.807) is 0 Å². The fraction of sp³-hybridized carbons (Fsp3) is 1.00. The van der Waals surface area contributed by atoms with Gasteiger partial charge >= 0.3 is 0 Å². The van der Waals surface area contributed by atoms with Crippen LogP contribution in [0.15, 0.2) is 0 Å². The number of likely N-dealkylation sites (tertiary alicyclic amines) is 1. The largest absolute Gasteiger partial charge is 0.393 e. The maximum Gasteiger partial charge on any atom is 0.0592 e. The average Bonchev–Trinajstić information content (AvgIpc) is 2.92. The molecule has 0 radical (unpaired) electrons. The summed E-state index contributed by atoms with van der Waals surface area (Å²) in [7, 11) is 0. The van der Waals surface area contributed by atoms with Gasteiger partial charge in [0.2, 0.25) is 0 Å². The van der Waals surface area contributed by atoms with Gasteiger partial charge < -0.3 is 10.0 Å². The van der Waals surface area contributed by atoms with Gasteiger partial charge in [0, 0.05) is 19.6 Å². The SMILES string of the molecule is CCC1CN(CC2CC2)CCC1O. The molecule has 1 heterocycles. The van der Waals surface area contributed by atoms with E-state index < -0.39 is 0 Å². The van der Waals surface area contributed by atoms with E-state index in [4.69, 9.17) is 0 Å². The molecule has 1 N–H and O–H groups in total. The summed E-state index contributed by atoms with van der Waals surface area (Å²) in [5.41, 5.74) is 0. The van der Waals surface area contributed by atoms with Gasteiger partial charge in [-0.25, -0.2) is 0 Å². The summed E-state index contributed by atoms with van der Waals surface area (Å²) in [4.78, 5) is 2.55. The van der Waals surface area contributed by atoms with Crippen LogP contribution in [0.3, 0.4) is 0 Å². The number of aliphatic hydroxyl groups is 1. The first-order valence-corrected chi connectivity index (χ1v) is 5.70. The first-order chi connectivity index (χ1) is 6.29. The van der Waals surface area contributed by atoms with E-state index in [9.17, 15) is 5.11 Å². The highest BCUT2D eigenvalue weighted by molar-refractivity contribution is 4.83. The lowest BCUT2D eigenvalue weighted by molar-refractivity contribution is 0.0236. The molecule has 0 spiro atoms. The van der Waals surface area contributed by atoms with Gasteiger partial charge in [-0.1, -0.05) is 6.92 Å². The second-order valence-corrected chi connectivity index (χ2v) is 4.73. The van der Waals surface area contributed by atoms with Crippen LogP contribution in [0.5, 0.6) is 0 Å². The zero-order valence-corrected chi connectivity index (χ0v) is 8.58. The molecule has 2 unspecified atom stereocenters. The predicted molar refractivity (Wildman–Crippen MR) is 53.6 cm³/mol. The molecule has 2 nitrogen and oxygen atoms in total. The maximum atomic E-state index is 9.71. The van der Waals surface area contributed by atoms with E-state index in [1.165, 1.54) is 19.4 Å². The molecule has 0 bridgehead atoms. The van der Waals surface area contributed by atoms with E-state index in [1.807, 2.05) is 0 Å². The number of hydrogen-bond donors (Lipinski definition) is 1. The molecular weight excluding hydrogens is 162 g/mol. The number of nitrogens with zero attached hydrogens (tertiary/aromatic N) is 1. The molecule has 2 fully saturated rings. The molecule has 2 aliphatic rings. The molecule has 1 saturated carbocycles.